The molecule has 0 aromatic rings. The molecule has 0 spiro atoms. The van der Waals surface area contributed by atoms with E-state index in [2.05, 4.69) is 17.6 Å². The minimum atomic E-state index is -1.03. The van der Waals surface area contributed by atoms with Crippen LogP contribution in [-0.2, 0) is 33.3 Å². The first-order valence-corrected chi connectivity index (χ1v) is 16.2. The van der Waals surface area contributed by atoms with Gasteiger partial charge in [-0.2, -0.15) is 11.8 Å². The molecule has 0 aliphatic rings. The molecule has 0 rings (SSSR count). The average Bonchev–Trinajstić information content (AvgIpc) is 2.88. The average molecular weight is 605 g/mol. The van der Waals surface area contributed by atoms with Gasteiger partial charge in [0.2, 0.25) is 5.91 Å². The fraction of sp³-hybridized carbons (Fsp3) is 0.867. The van der Waals surface area contributed by atoms with Gasteiger partial charge in [0.05, 0.1) is 13.7 Å². The van der Waals surface area contributed by atoms with Crippen LogP contribution in [0.1, 0.15) is 106 Å². The maximum absolute atomic E-state index is 13.1. The van der Waals surface area contributed by atoms with Crippen LogP contribution in [0.3, 0.4) is 0 Å². The normalized spacial score (nSPS) is 12.9. The zero-order chi connectivity index (χ0) is 31.1. The summed E-state index contributed by atoms with van der Waals surface area (Å²) in [4.78, 5) is 49.7. The summed E-state index contributed by atoms with van der Waals surface area (Å²) in [6.45, 7) is 11.9. The van der Waals surface area contributed by atoms with Crippen molar-refractivity contribution in [3.8, 4) is 0 Å². The lowest BCUT2D eigenvalue weighted by Gasteiger charge is -2.25. The van der Waals surface area contributed by atoms with E-state index in [0.717, 1.165) is 19.3 Å². The van der Waals surface area contributed by atoms with Crippen LogP contribution in [0.15, 0.2) is 0 Å². The van der Waals surface area contributed by atoms with E-state index in [1.807, 2.05) is 13.8 Å². The van der Waals surface area contributed by atoms with E-state index in [4.69, 9.17) is 18.9 Å². The van der Waals surface area contributed by atoms with E-state index < -0.39 is 35.7 Å². The van der Waals surface area contributed by atoms with Gasteiger partial charge in [-0.25, -0.2) is 9.59 Å². The van der Waals surface area contributed by atoms with Crippen LogP contribution in [0.2, 0.25) is 0 Å². The summed E-state index contributed by atoms with van der Waals surface area (Å²) in [6.07, 6.45) is 10.3. The second-order valence-corrected chi connectivity index (χ2v) is 12.7. The highest BCUT2D eigenvalue weighted by molar-refractivity contribution is 7.99. The van der Waals surface area contributed by atoms with E-state index in [9.17, 15) is 19.2 Å². The van der Waals surface area contributed by atoms with Crippen molar-refractivity contribution in [1.82, 2.24) is 10.6 Å². The Kier molecular flexibility index (Phi) is 22.4. The molecular formula is C30H56N2O8S. The van der Waals surface area contributed by atoms with Crippen LogP contribution in [0, 0.1) is 5.92 Å². The molecule has 240 valence electrons. The molecular weight excluding hydrogens is 548 g/mol. The molecule has 2 atom stereocenters. The standard InChI is InChI=1S/C30H56N2O8S/c1-8-9-10-11-12-13-14-15-16-17-26(33)39-18-19-41-22-25(32-29(36)40-30(4,5)6)27(34)31-24(28(35)37-7)21-38-20-23(2)3/h23-25H,8-22H2,1-7H3,(H,31,34)(H,32,36). The Bertz CT molecular complexity index is 742. The number of nitrogens with one attached hydrogen (secondary N) is 2. The molecule has 0 fully saturated rings. The lowest BCUT2D eigenvalue weighted by atomic mass is 10.1. The number of unbranched alkanes of at least 4 members (excludes halogenated alkanes) is 8. The first-order chi connectivity index (χ1) is 19.4. The highest BCUT2D eigenvalue weighted by Gasteiger charge is 2.29. The SMILES string of the molecule is CCCCCCCCCCCC(=O)OCCSCC(NC(=O)OC(C)(C)C)C(=O)NC(COCC(C)C)C(=O)OC. The van der Waals surface area contributed by atoms with Crippen molar-refractivity contribution >= 4 is 35.7 Å². The number of thioether (sulfide) groups is 1. The van der Waals surface area contributed by atoms with Crippen LogP contribution < -0.4 is 10.6 Å². The summed E-state index contributed by atoms with van der Waals surface area (Å²) in [5, 5.41) is 5.19. The molecule has 0 saturated carbocycles. The van der Waals surface area contributed by atoms with Gasteiger partial charge in [0.1, 0.15) is 18.2 Å². The summed E-state index contributed by atoms with van der Waals surface area (Å²) in [5.74, 6) is -0.569. The first-order valence-electron chi connectivity index (χ1n) is 15.1. The van der Waals surface area contributed by atoms with Gasteiger partial charge < -0.3 is 29.6 Å². The van der Waals surface area contributed by atoms with Crippen molar-refractivity contribution in [1.29, 1.82) is 0 Å². The zero-order valence-electron chi connectivity index (χ0n) is 26.5. The quantitative estimate of drug-likeness (QED) is 0.0894. The number of alkyl carbamates (subject to hydrolysis) is 1. The van der Waals surface area contributed by atoms with Gasteiger partial charge in [-0.3, -0.25) is 9.59 Å². The number of hydrogen-bond donors (Lipinski definition) is 2. The van der Waals surface area contributed by atoms with E-state index in [1.165, 1.54) is 57.4 Å². The molecule has 0 aliphatic heterocycles. The molecule has 0 aromatic heterocycles. The number of esters is 2. The summed E-state index contributed by atoms with van der Waals surface area (Å²) in [5.41, 5.74) is -0.750. The molecule has 10 nitrogen and oxygen atoms in total. The smallest absolute Gasteiger partial charge is 0.408 e. The highest BCUT2D eigenvalue weighted by atomic mass is 32.2. The molecule has 0 radical (unpaired) electrons. The fourth-order valence-electron chi connectivity index (χ4n) is 3.71. The molecule has 2 unspecified atom stereocenters. The first kappa shape index (κ1) is 39.0. The Morgan fingerprint density at radius 2 is 1.44 bits per heavy atom. The summed E-state index contributed by atoms with van der Waals surface area (Å²) >= 11 is 1.34. The van der Waals surface area contributed by atoms with Crippen molar-refractivity contribution in [3.63, 3.8) is 0 Å². The summed E-state index contributed by atoms with van der Waals surface area (Å²) < 4.78 is 21.0. The van der Waals surface area contributed by atoms with E-state index in [-0.39, 0.29) is 30.9 Å². The van der Waals surface area contributed by atoms with Crippen LogP contribution in [0.5, 0.6) is 0 Å². The van der Waals surface area contributed by atoms with E-state index in [1.54, 1.807) is 20.8 Å². The maximum atomic E-state index is 13.1. The molecule has 0 heterocycles. The largest absolute Gasteiger partial charge is 0.467 e. The van der Waals surface area contributed by atoms with Gasteiger partial charge in [-0.1, -0.05) is 72.1 Å². The second-order valence-electron chi connectivity index (χ2n) is 11.6. The van der Waals surface area contributed by atoms with Gasteiger partial charge in [0, 0.05) is 24.5 Å². The number of carbonyl (C=O) groups excluding carboxylic acids is 4. The lowest BCUT2D eigenvalue weighted by molar-refractivity contribution is -0.147. The second kappa shape index (κ2) is 23.5. The Labute approximate surface area is 252 Å². The van der Waals surface area contributed by atoms with Gasteiger partial charge in [-0.15, -0.1) is 0 Å². The van der Waals surface area contributed by atoms with Crippen molar-refractivity contribution in [2.24, 2.45) is 5.92 Å². The predicted octanol–water partition coefficient (Wildman–Crippen LogP) is 5.41. The van der Waals surface area contributed by atoms with E-state index in [0.29, 0.717) is 18.8 Å². The molecule has 2 amide bonds. The minimum Gasteiger partial charge on any atom is -0.467 e. The maximum Gasteiger partial charge on any atom is 0.408 e. The van der Waals surface area contributed by atoms with Crippen molar-refractivity contribution < 1.29 is 38.1 Å². The molecule has 2 N–H and O–H groups in total. The Morgan fingerprint density at radius 3 is 2.00 bits per heavy atom. The fourth-order valence-corrected chi connectivity index (χ4v) is 4.54. The van der Waals surface area contributed by atoms with Gasteiger partial charge in [0.15, 0.2) is 6.04 Å². The molecule has 0 saturated heterocycles. The Balaban J connectivity index is 4.65. The number of carbonyl (C=O) groups is 4. The molecule has 0 aromatic carbocycles. The number of ether oxygens (including phenoxy) is 4. The van der Waals surface area contributed by atoms with Crippen LogP contribution in [0.4, 0.5) is 4.79 Å². The summed E-state index contributed by atoms with van der Waals surface area (Å²) in [7, 11) is 1.23. The van der Waals surface area contributed by atoms with Gasteiger partial charge in [-0.05, 0) is 33.1 Å². The van der Waals surface area contributed by atoms with Gasteiger partial charge in [0.25, 0.3) is 0 Å². The van der Waals surface area contributed by atoms with Crippen LogP contribution >= 0.6 is 11.8 Å². The number of hydrogen-bond acceptors (Lipinski definition) is 9. The Morgan fingerprint density at radius 1 is 0.829 bits per heavy atom. The number of amides is 2. The molecule has 0 bridgehead atoms. The number of rotatable bonds is 23. The monoisotopic (exact) mass is 604 g/mol. The van der Waals surface area contributed by atoms with Crippen molar-refractivity contribution in [2.75, 3.05) is 38.4 Å². The predicted molar refractivity (Wildman–Crippen MR) is 163 cm³/mol. The third kappa shape index (κ3) is 23.3. The minimum absolute atomic E-state index is 0.0577. The van der Waals surface area contributed by atoms with Crippen LogP contribution in [0.25, 0.3) is 0 Å². The molecule has 41 heavy (non-hydrogen) atoms. The molecule has 11 heteroatoms. The van der Waals surface area contributed by atoms with Crippen LogP contribution in [-0.4, -0.2) is 80.1 Å². The highest BCUT2D eigenvalue weighted by Crippen LogP contribution is 2.12. The Hall–Kier alpha value is -2.01. The summed E-state index contributed by atoms with van der Waals surface area (Å²) in [6, 6.07) is -2.02. The zero-order valence-corrected chi connectivity index (χ0v) is 27.3. The third-order valence-electron chi connectivity index (χ3n) is 5.81. The topological polar surface area (TPSA) is 129 Å². The van der Waals surface area contributed by atoms with Crippen molar-refractivity contribution in [3.05, 3.63) is 0 Å². The third-order valence-corrected chi connectivity index (χ3v) is 6.83. The van der Waals surface area contributed by atoms with Gasteiger partial charge >= 0.3 is 18.0 Å². The lowest BCUT2D eigenvalue weighted by Crippen LogP contribution is -2.54. The number of methoxy groups -OCH3 is 1. The molecule has 0 aliphatic carbocycles. The van der Waals surface area contributed by atoms with Crippen molar-refractivity contribution in [2.45, 2.75) is 123 Å². The van der Waals surface area contributed by atoms with E-state index >= 15 is 0 Å².